The molecule has 1 unspecified atom stereocenters. The van der Waals surface area contributed by atoms with E-state index in [1.807, 2.05) is 30.3 Å². The summed E-state index contributed by atoms with van der Waals surface area (Å²) in [7, 11) is 1.63. The second-order valence-electron chi connectivity index (χ2n) is 3.71. The summed E-state index contributed by atoms with van der Waals surface area (Å²) in [6, 6.07) is 11.3. The van der Waals surface area contributed by atoms with Crippen molar-refractivity contribution in [1.82, 2.24) is 0 Å². The molecule has 0 amide bonds. The summed E-state index contributed by atoms with van der Waals surface area (Å²) >= 11 is 8.40. The van der Waals surface area contributed by atoms with E-state index in [0.29, 0.717) is 0 Å². The van der Waals surface area contributed by atoms with E-state index in [9.17, 15) is 5.26 Å². The molecule has 19 heavy (non-hydrogen) atoms. The molecule has 0 spiro atoms. The molecule has 0 aliphatic carbocycles. The highest BCUT2D eigenvalue weighted by Gasteiger charge is 2.15. The number of anilines is 1. The first kappa shape index (κ1) is 14.4. The van der Waals surface area contributed by atoms with Gasteiger partial charge in [-0.05, 0) is 62.2 Å². The second kappa shape index (κ2) is 6.42. The van der Waals surface area contributed by atoms with Crippen LogP contribution in [0.3, 0.4) is 0 Å². The minimum atomic E-state index is -0.374. The average molecular weight is 402 g/mol. The Labute approximate surface area is 132 Å². The largest absolute Gasteiger partial charge is 0.497 e. The third kappa shape index (κ3) is 3.50. The number of thiophene rings is 1. The molecule has 6 heteroatoms. The van der Waals surface area contributed by atoms with Crippen molar-refractivity contribution in [3.8, 4) is 11.8 Å². The number of nitrogens with one attached hydrogen (secondary N) is 1. The van der Waals surface area contributed by atoms with E-state index in [-0.39, 0.29) is 6.04 Å². The van der Waals surface area contributed by atoms with Gasteiger partial charge in [0.15, 0.2) is 0 Å². The van der Waals surface area contributed by atoms with Crippen molar-refractivity contribution < 1.29 is 4.74 Å². The van der Waals surface area contributed by atoms with Crippen LogP contribution in [0.2, 0.25) is 0 Å². The van der Waals surface area contributed by atoms with Gasteiger partial charge in [-0.2, -0.15) is 5.26 Å². The van der Waals surface area contributed by atoms with Crippen molar-refractivity contribution in [2.45, 2.75) is 6.04 Å². The summed E-state index contributed by atoms with van der Waals surface area (Å²) in [4.78, 5) is 0.956. The van der Waals surface area contributed by atoms with Gasteiger partial charge in [-0.25, -0.2) is 0 Å². The average Bonchev–Trinajstić information content (AvgIpc) is 2.76. The maximum atomic E-state index is 9.28. The molecule has 1 aromatic heterocycles. The number of nitrogens with zero attached hydrogens (tertiary/aromatic N) is 1. The van der Waals surface area contributed by atoms with Crippen LogP contribution in [0.1, 0.15) is 10.9 Å². The van der Waals surface area contributed by atoms with Crippen molar-refractivity contribution in [2.24, 2.45) is 0 Å². The highest BCUT2D eigenvalue weighted by atomic mass is 79.9. The summed E-state index contributed by atoms with van der Waals surface area (Å²) in [6.07, 6.45) is 0. The maximum Gasteiger partial charge on any atom is 0.149 e. The highest BCUT2D eigenvalue weighted by Crippen LogP contribution is 2.36. The fraction of sp³-hybridized carbons (Fsp3) is 0.154. The number of benzene rings is 1. The van der Waals surface area contributed by atoms with Gasteiger partial charge in [0.1, 0.15) is 11.8 Å². The molecular weight excluding hydrogens is 392 g/mol. The van der Waals surface area contributed by atoms with Crippen molar-refractivity contribution in [1.29, 1.82) is 5.26 Å². The number of hydrogen-bond acceptors (Lipinski definition) is 4. The summed E-state index contributed by atoms with van der Waals surface area (Å²) in [5, 5.41) is 12.5. The van der Waals surface area contributed by atoms with Crippen LogP contribution in [0.15, 0.2) is 38.6 Å². The lowest BCUT2D eigenvalue weighted by molar-refractivity contribution is 0.415. The lowest BCUT2D eigenvalue weighted by Gasteiger charge is -2.11. The molecule has 0 saturated carbocycles. The molecular formula is C13H10Br2N2OS. The molecule has 2 rings (SSSR count). The first-order valence-electron chi connectivity index (χ1n) is 5.39. The fourth-order valence-electron chi connectivity index (χ4n) is 1.53. The molecule has 2 aromatic rings. The van der Waals surface area contributed by atoms with Crippen LogP contribution < -0.4 is 10.1 Å². The number of nitriles is 1. The van der Waals surface area contributed by atoms with Gasteiger partial charge in [0.05, 0.1) is 17.0 Å². The van der Waals surface area contributed by atoms with Crippen molar-refractivity contribution >= 4 is 48.9 Å². The predicted octanol–water partition coefficient (Wildman–Crippen LogP) is 4.96. The number of halogens is 2. The normalized spacial score (nSPS) is 11.7. The predicted molar refractivity (Wildman–Crippen MR) is 84.7 cm³/mol. The highest BCUT2D eigenvalue weighted by molar-refractivity contribution is 9.13. The van der Waals surface area contributed by atoms with Crippen molar-refractivity contribution in [2.75, 3.05) is 12.4 Å². The van der Waals surface area contributed by atoms with E-state index >= 15 is 0 Å². The van der Waals surface area contributed by atoms with Crippen molar-refractivity contribution in [3.63, 3.8) is 0 Å². The quantitative estimate of drug-likeness (QED) is 0.787. The van der Waals surface area contributed by atoms with Crippen LogP contribution in [-0.2, 0) is 0 Å². The van der Waals surface area contributed by atoms with Gasteiger partial charge in [0, 0.05) is 15.0 Å². The van der Waals surface area contributed by atoms with E-state index in [2.05, 4.69) is 43.2 Å². The Morgan fingerprint density at radius 1 is 1.32 bits per heavy atom. The Morgan fingerprint density at radius 3 is 2.47 bits per heavy atom. The molecule has 1 N–H and O–H groups in total. The number of rotatable bonds is 4. The Bertz CT molecular complexity index is 585. The Hall–Kier alpha value is -1.03. The van der Waals surface area contributed by atoms with Crippen LogP contribution in [0.5, 0.6) is 5.75 Å². The first-order chi connectivity index (χ1) is 9.13. The minimum Gasteiger partial charge on any atom is -0.497 e. The molecule has 0 fully saturated rings. The lowest BCUT2D eigenvalue weighted by Crippen LogP contribution is -2.06. The van der Waals surface area contributed by atoms with Gasteiger partial charge in [0.25, 0.3) is 0 Å². The van der Waals surface area contributed by atoms with E-state index in [1.165, 1.54) is 11.3 Å². The lowest BCUT2D eigenvalue weighted by atomic mass is 10.2. The molecule has 0 aliphatic rings. The van der Waals surface area contributed by atoms with Crippen LogP contribution in [0, 0.1) is 11.3 Å². The smallest absolute Gasteiger partial charge is 0.149 e. The molecule has 0 radical (unpaired) electrons. The molecule has 98 valence electrons. The minimum absolute atomic E-state index is 0.374. The topological polar surface area (TPSA) is 45.0 Å². The van der Waals surface area contributed by atoms with Gasteiger partial charge in [-0.3, -0.25) is 0 Å². The molecule has 1 atom stereocenters. The zero-order valence-corrected chi connectivity index (χ0v) is 14.0. The van der Waals surface area contributed by atoms with Gasteiger partial charge >= 0.3 is 0 Å². The standard InChI is InChI=1S/C13H10Br2N2OS/c1-18-9-4-2-8(3-5-9)17-11(7-16)12-6-10(14)13(15)19-12/h2-6,11,17H,1H3. The number of methoxy groups -OCH3 is 1. The summed E-state index contributed by atoms with van der Waals surface area (Å²) in [5.41, 5.74) is 0.882. The SMILES string of the molecule is COc1ccc(NC(C#N)c2cc(Br)c(Br)s2)cc1. The molecule has 1 aromatic carbocycles. The number of ether oxygens (including phenoxy) is 1. The maximum absolute atomic E-state index is 9.28. The van der Waals surface area contributed by atoms with Gasteiger partial charge in [0.2, 0.25) is 0 Å². The van der Waals surface area contributed by atoms with E-state index < -0.39 is 0 Å². The van der Waals surface area contributed by atoms with E-state index in [1.54, 1.807) is 7.11 Å². The number of hydrogen-bond donors (Lipinski definition) is 1. The monoisotopic (exact) mass is 400 g/mol. The van der Waals surface area contributed by atoms with Crippen LogP contribution >= 0.6 is 43.2 Å². The van der Waals surface area contributed by atoms with Crippen molar-refractivity contribution in [3.05, 3.63) is 43.5 Å². The molecule has 0 aliphatic heterocycles. The molecule has 1 heterocycles. The molecule has 0 saturated heterocycles. The third-order valence-electron chi connectivity index (χ3n) is 2.48. The van der Waals surface area contributed by atoms with E-state index in [4.69, 9.17) is 4.74 Å². The molecule has 0 bridgehead atoms. The Morgan fingerprint density at radius 2 is 2.00 bits per heavy atom. The molecule has 3 nitrogen and oxygen atoms in total. The van der Waals surface area contributed by atoms with Gasteiger partial charge in [-0.15, -0.1) is 11.3 Å². The summed E-state index contributed by atoms with van der Waals surface area (Å²) in [5.74, 6) is 0.792. The fourth-order valence-corrected chi connectivity index (χ4v) is 3.61. The second-order valence-corrected chi connectivity index (χ2v) is 6.96. The van der Waals surface area contributed by atoms with Gasteiger partial charge < -0.3 is 10.1 Å². The van der Waals surface area contributed by atoms with Crippen LogP contribution in [0.25, 0.3) is 0 Å². The summed E-state index contributed by atoms with van der Waals surface area (Å²) in [6.45, 7) is 0. The Kier molecular flexibility index (Phi) is 4.86. The van der Waals surface area contributed by atoms with Crippen LogP contribution in [0.4, 0.5) is 5.69 Å². The third-order valence-corrected chi connectivity index (χ3v) is 5.80. The van der Waals surface area contributed by atoms with Crippen LogP contribution in [-0.4, -0.2) is 7.11 Å². The van der Waals surface area contributed by atoms with Gasteiger partial charge in [-0.1, -0.05) is 0 Å². The first-order valence-corrected chi connectivity index (χ1v) is 7.79. The zero-order valence-electron chi connectivity index (χ0n) is 9.98. The summed E-state index contributed by atoms with van der Waals surface area (Å²) < 4.78 is 7.05. The van der Waals surface area contributed by atoms with E-state index in [0.717, 1.165) is 24.6 Å². The zero-order chi connectivity index (χ0) is 13.8. The Balaban J connectivity index is 2.17.